The number of carbonyl (C=O) groups excluding carboxylic acids is 1. The number of ketones is 1. The fraction of sp³-hybridized carbons (Fsp3) is 0.471. The zero-order chi connectivity index (χ0) is 14.5. The van der Waals surface area contributed by atoms with Gasteiger partial charge in [0.2, 0.25) is 0 Å². The molecule has 1 atom stereocenters. The summed E-state index contributed by atoms with van der Waals surface area (Å²) < 4.78 is 13.9. The Morgan fingerprint density at radius 3 is 2.75 bits per heavy atom. The second kappa shape index (κ2) is 4.44. The number of hydrogen-bond acceptors (Lipinski definition) is 2. The summed E-state index contributed by atoms with van der Waals surface area (Å²) in [6, 6.07) is 3.29. The van der Waals surface area contributed by atoms with E-state index in [0.717, 1.165) is 48.0 Å². The molecule has 3 heteroatoms. The van der Waals surface area contributed by atoms with E-state index in [1.165, 1.54) is 6.07 Å². The number of fused-ring (bicyclic) bond motifs is 3. The third kappa shape index (κ3) is 1.65. The zero-order valence-corrected chi connectivity index (χ0v) is 12.1. The highest BCUT2D eigenvalue weighted by Crippen LogP contribution is 2.56. The second-order valence-corrected chi connectivity index (χ2v) is 5.97. The van der Waals surface area contributed by atoms with Crippen LogP contribution >= 0.6 is 0 Å². The number of rotatable bonds is 2. The monoisotopic (exact) mass is 273 g/mol. The Balaban J connectivity index is 2.30. The van der Waals surface area contributed by atoms with Crippen LogP contribution < -0.4 is 5.73 Å². The van der Waals surface area contributed by atoms with Crippen LogP contribution in [0.5, 0.6) is 0 Å². The summed E-state index contributed by atoms with van der Waals surface area (Å²) >= 11 is 0. The van der Waals surface area contributed by atoms with Gasteiger partial charge in [-0.1, -0.05) is 13.8 Å². The number of nitrogens with two attached hydrogens (primary N) is 1. The lowest BCUT2D eigenvalue weighted by molar-refractivity contribution is -0.116. The average molecular weight is 273 g/mol. The van der Waals surface area contributed by atoms with Gasteiger partial charge in [-0.2, -0.15) is 0 Å². The van der Waals surface area contributed by atoms with Crippen molar-refractivity contribution in [3.8, 4) is 0 Å². The molecule has 0 amide bonds. The van der Waals surface area contributed by atoms with Gasteiger partial charge in [0, 0.05) is 11.8 Å². The van der Waals surface area contributed by atoms with E-state index in [4.69, 9.17) is 5.73 Å². The number of halogens is 1. The molecule has 0 saturated heterocycles. The highest BCUT2D eigenvalue weighted by molar-refractivity contribution is 6.06. The Bertz CT molecular complexity index is 632. The molecule has 2 aliphatic rings. The summed E-state index contributed by atoms with van der Waals surface area (Å²) in [6.07, 6.45) is 4.08. The first-order valence-electron chi connectivity index (χ1n) is 7.37. The maximum Gasteiger partial charge on any atom is 0.159 e. The van der Waals surface area contributed by atoms with Gasteiger partial charge >= 0.3 is 0 Å². The summed E-state index contributed by atoms with van der Waals surface area (Å²) in [4.78, 5) is 12.2. The summed E-state index contributed by atoms with van der Waals surface area (Å²) in [5.74, 6) is -0.145. The van der Waals surface area contributed by atoms with Crippen LogP contribution in [0.3, 0.4) is 0 Å². The fourth-order valence-corrected chi connectivity index (χ4v) is 3.95. The number of hydrogen-bond donors (Lipinski definition) is 1. The Hall–Kier alpha value is -1.64. The van der Waals surface area contributed by atoms with Crippen LogP contribution in [0.25, 0.3) is 5.57 Å². The van der Waals surface area contributed by atoms with Crippen LogP contribution in [0.2, 0.25) is 0 Å². The number of nitrogen functional groups attached to an aromatic ring is 1. The minimum Gasteiger partial charge on any atom is -0.396 e. The van der Waals surface area contributed by atoms with Crippen molar-refractivity contribution in [3.05, 3.63) is 34.6 Å². The Morgan fingerprint density at radius 1 is 1.35 bits per heavy atom. The lowest BCUT2D eigenvalue weighted by Gasteiger charge is -2.35. The largest absolute Gasteiger partial charge is 0.396 e. The van der Waals surface area contributed by atoms with Gasteiger partial charge in [0.1, 0.15) is 5.82 Å². The predicted octanol–water partition coefficient (Wildman–Crippen LogP) is 3.89. The van der Waals surface area contributed by atoms with Crippen molar-refractivity contribution in [3.63, 3.8) is 0 Å². The van der Waals surface area contributed by atoms with E-state index in [2.05, 4.69) is 6.92 Å². The molecule has 3 rings (SSSR count). The molecule has 0 saturated carbocycles. The van der Waals surface area contributed by atoms with Crippen LogP contribution in [0.1, 0.15) is 50.7 Å². The van der Waals surface area contributed by atoms with Crippen molar-refractivity contribution in [1.82, 2.24) is 0 Å². The molecule has 0 aliphatic heterocycles. The van der Waals surface area contributed by atoms with Gasteiger partial charge in [0.25, 0.3) is 0 Å². The number of allylic oxidation sites excluding steroid dienone is 2. The molecule has 0 aromatic heterocycles. The molecule has 0 fully saturated rings. The lowest BCUT2D eigenvalue weighted by atomic mass is 9.68. The molecular formula is C17H20FNO. The summed E-state index contributed by atoms with van der Waals surface area (Å²) in [5, 5.41) is 0. The topological polar surface area (TPSA) is 43.1 Å². The first kappa shape index (κ1) is 13.3. The van der Waals surface area contributed by atoms with Crippen LogP contribution in [0.4, 0.5) is 10.1 Å². The van der Waals surface area contributed by atoms with Gasteiger partial charge in [0.05, 0.1) is 5.69 Å². The highest BCUT2D eigenvalue weighted by atomic mass is 19.1. The second-order valence-electron chi connectivity index (χ2n) is 5.97. The van der Waals surface area contributed by atoms with Crippen molar-refractivity contribution in [2.75, 3.05) is 5.73 Å². The van der Waals surface area contributed by atoms with E-state index in [9.17, 15) is 9.18 Å². The third-order valence-corrected chi connectivity index (χ3v) is 5.05. The molecule has 0 radical (unpaired) electrons. The van der Waals surface area contributed by atoms with Gasteiger partial charge in [-0.3, -0.25) is 4.79 Å². The Kier molecular flexibility index (Phi) is 2.96. The lowest BCUT2D eigenvalue weighted by Crippen LogP contribution is -2.27. The summed E-state index contributed by atoms with van der Waals surface area (Å²) in [7, 11) is 0. The van der Waals surface area contributed by atoms with Crippen molar-refractivity contribution in [2.45, 2.75) is 46.0 Å². The first-order chi connectivity index (χ1) is 9.52. The van der Waals surface area contributed by atoms with E-state index in [1.54, 1.807) is 6.07 Å². The molecule has 1 unspecified atom stereocenters. The number of carbonyl (C=O) groups is 1. The third-order valence-electron chi connectivity index (χ3n) is 5.05. The quantitative estimate of drug-likeness (QED) is 0.831. The van der Waals surface area contributed by atoms with Crippen molar-refractivity contribution < 1.29 is 9.18 Å². The van der Waals surface area contributed by atoms with Crippen LogP contribution in [-0.4, -0.2) is 5.78 Å². The predicted molar refractivity (Wildman–Crippen MR) is 78.7 cm³/mol. The van der Waals surface area contributed by atoms with E-state index in [0.29, 0.717) is 6.42 Å². The molecule has 2 N–H and O–H groups in total. The zero-order valence-electron chi connectivity index (χ0n) is 12.1. The van der Waals surface area contributed by atoms with Crippen molar-refractivity contribution in [2.24, 2.45) is 5.41 Å². The van der Waals surface area contributed by atoms with Crippen LogP contribution in [-0.2, 0) is 11.2 Å². The van der Waals surface area contributed by atoms with Gasteiger partial charge in [-0.15, -0.1) is 0 Å². The standard InChI is InChI=1S/C17H20FNO/c1-3-11-15(20)5-6-17(4-2)9-10-7-14(19)13(18)8-12(10)16(11)17/h7-8H,3-6,9,19H2,1-2H3. The SMILES string of the molecule is CCC1=C2c3cc(F)c(N)cc3CC2(CC)CCC1=O. The maximum atomic E-state index is 13.9. The van der Waals surface area contributed by atoms with E-state index >= 15 is 0 Å². The molecular weight excluding hydrogens is 253 g/mol. The number of benzene rings is 1. The number of Topliss-reactive ketones (excluding diaryl/α,β-unsaturated/α-hetero) is 1. The fourth-order valence-electron chi connectivity index (χ4n) is 3.95. The molecule has 0 heterocycles. The summed E-state index contributed by atoms with van der Waals surface area (Å²) in [5.41, 5.74) is 9.95. The average Bonchev–Trinajstić information content (AvgIpc) is 2.74. The van der Waals surface area contributed by atoms with E-state index < -0.39 is 0 Å². The Morgan fingerprint density at radius 2 is 2.10 bits per heavy atom. The van der Waals surface area contributed by atoms with Gasteiger partial charge in [-0.05, 0) is 60.1 Å². The molecule has 1 aromatic rings. The minimum absolute atomic E-state index is 0.0157. The van der Waals surface area contributed by atoms with Crippen LogP contribution in [0, 0.1) is 11.2 Å². The highest BCUT2D eigenvalue weighted by Gasteiger charge is 2.45. The Labute approximate surface area is 118 Å². The molecule has 20 heavy (non-hydrogen) atoms. The molecule has 106 valence electrons. The van der Waals surface area contributed by atoms with Crippen molar-refractivity contribution >= 4 is 17.0 Å². The molecule has 0 spiro atoms. The van der Waals surface area contributed by atoms with E-state index in [-0.39, 0.29) is 22.7 Å². The van der Waals surface area contributed by atoms with Gasteiger partial charge in [-0.25, -0.2) is 4.39 Å². The molecule has 2 nitrogen and oxygen atoms in total. The molecule has 0 bridgehead atoms. The van der Waals surface area contributed by atoms with Gasteiger partial charge < -0.3 is 5.73 Å². The normalized spacial score (nSPS) is 24.9. The maximum absolute atomic E-state index is 13.9. The summed E-state index contributed by atoms with van der Waals surface area (Å²) in [6.45, 7) is 4.17. The van der Waals surface area contributed by atoms with Gasteiger partial charge in [0.15, 0.2) is 5.78 Å². The van der Waals surface area contributed by atoms with E-state index in [1.807, 2.05) is 6.92 Å². The minimum atomic E-state index is -0.378. The van der Waals surface area contributed by atoms with Crippen LogP contribution in [0.15, 0.2) is 17.7 Å². The number of anilines is 1. The molecule has 1 aromatic carbocycles. The first-order valence-corrected chi connectivity index (χ1v) is 7.37. The smallest absolute Gasteiger partial charge is 0.159 e. The van der Waals surface area contributed by atoms with Crippen molar-refractivity contribution in [1.29, 1.82) is 0 Å². The molecule has 2 aliphatic carbocycles.